The molecule has 1 aromatic carbocycles. The van der Waals surface area contributed by atoms with Gasteiger partial charge >= 0.3 is 0 Å². The zero-order valence-electron chi connectivity index (χ0n) is 15.3. The average Bonchev–Trinajstić information content (AvgIpc) is 2.53. The third kappa shape index (κ3) is 4.68. The molecule has 0 aliphatic carbocycles. The zero-order chi connectivity index (χ0) is 17.0. The summed E-state index contributed by atoms with van der Waals surface area (Å²) in [6.07, 6.45) is 4.31. The second kappa shape index (κ2) is 7.63. The molecule has 0 amide bonds. The van der Waals surface area contributed by atoms with Crippen LogP contribution >= 0.6 is 0 Å². The van der Waals surface area contributed by atoms with E-state index in [-0.39, 0.29) is 23.9 Å². The second-order valence-electron chi connectivity index (χ2n) is 7.95. The maximum absolute atomic E-state index is 6.35. The summed E-state index contributed by atoms with van der Waals surface area (Å²) in [5, 5.41) is 0. The lowest BCUT2D eigenvalue weighted by Gasteiger charge is -2.46. The third-order valence-corrected chi connectivity index (χ3v) is 4.84. The molecule has 0 spiro atoms. The Hall–Kier alpha value is -1.12. The molecule has 23 heavy (non-hydrogen) atoms. The molecule has 0 unspecified atom stereocenters. The summed E-state index contributed by atoms with van der Waals surface area (Å²) in [6.45, 7) is 14.9. The summed E-state index contributed by atoms with van der Waals surface area (Å²) in [5.74, 6) is 0.697. The summed E-state index contributed by atoms with van der Waals surface area (Å²) in [7, 11) is 0. The van der Waals surface area contributed by atoms with Gasteiger partial charge in [-0.25, -0.2) is 0 Å². The van der Waals surface area contributed by atoms with Crippen molar-refractivity contribution < 1.29 is 9.47 Å². The Labute approximate surface area is 141 Å². The highest BCUT2D eigenvalue weighted by molar-refractivity contribution is 5.14. The van der Waals surface area contributed by atoms with Gasteiger partial charge in [-0.2, -0.15) is 0 Å². The fraction of sp³-hybridized carbons (Fsp3) is 0.619. The minimum absolute atomic E-state index is 0.0235. The highest BCUT2D eigenvalue weighted by atomic mass is 16.7. The van der Waals surface area contributed by atoms with Crippen molar-refractivity contribution in [3.05, 3.63) is 48.6 Å². The molecule has 1 aliphatic rings. The minimum atomic E-state index is -0.160. The molecule has 2 heteroatoms. The van der Waals surface area contributed by atoms with Crippen LogP contribution in [-0.4, -0.2) is 18.5 Å². The fourth-order valence-corrected chi connectivity index (χ4v) is 3.22. The Morgan fingerprint density at radius 2 is 1.83 bits per heavy atom. The number of aryl methyl sites for hydroxylation is 1. The summed E-state index contributed by atoms with van der Waals surface area (Å²) >= 11 is 0. The van der Waals surface area contributed by atoms with E-state index in [0.29, 0.717) is 11.8 Å². The summed E-state index contributed by atoms with van der Waals surface area (Å²) in [4.78, 5) is 0. The number of hydrogen-bond acceptors (Lipinski definition) is 2. The first-order valence-electron chi connectivity index (χ1n) is 8.80. The summed E-state index contributed by atoms with van der Waals surface area (Å²) in [6, 6.07) is 10.6. The van der Waals surface area contributed by atoms with Crippen LogP contribution in [0.15, 0.2) is 43.0 Å². The van der Waals surface area contributed by atoms with Crippen molar-refractivity contribution in [3.63, 3.8) is 0 Å². The fourth-order valence-electron chi connectivity index (χ4n) is 3.22. The van der Waals surface area contributed by atoms with Crippen LogP contribution in [0.4, 0.5) is 0 Å². The lowest BCUT2D eigenvalue weighted by Crippen LogP contribution is -2.51. The molecule has 2 nitrogen and oxygen atoms in total. The number of hydrogen-bond donors (Lipinski definition) is 0. The Bertz CT molecular complexity index is 488. The van der Waals surface area contributed by atoms with E-state index in [2.05, 4.69) is 71.5 Å². The van der Waals surface area contributed by atoms with Gasteiger partial charge in [-0.1, -0.05) is 71.0 Å². The van der Waals surface area contributed by atoms with E-state index >= 15 is 0 Å². The highest BCUT2D eigenvalue weighted by Gasteiger charge is 2.42. The molecule has 128 valence electrons. The molecule has 0 radical (unpaired) electrons. The molecule has 1 saturated heterocycles. The maximum Gasteiger partial charge on any atom is 0.163 e. The molecule has 1 fully saturated rings. The molecule has 0 aromatic heterocycles. The van der Waals surface area contributed by atoms with Crippen LogP contribution in [0.25, 0.3) is 0 Å². The predicted octanol–water partition coefficient (Wildman–Crippen LogP) is 5.23. The van der Waals surface area contributed by atoms with Gasteiger partial charge in [0.1, 0.15) is 0 Å². The number of ether oxygens (including phenoxy) is 2. The summed E-state index contributed by atoms with van der Waals surface area (Å²) in [5.41, 5.74) is 1.35. The topological polar surface area (TPSA) is 18.5 Å². The van der Waals surface area contributed by atoms with Crippen molar-refractivity contribution in [2.24, 2.45) is 17.3 Å². The molecule has 0 bridgehead atoms. The van der Waals surface area contributed by atoms with Crippen LogP contribution in [0.2, 0.25) is 0 Å². The van der Waals surface area contributed by atoms with Gasteiger partial charge < -0.3 is 9.47 Å². The summed E-state index contributed by atoms with van der Waals surface area (Å²) < 4.78 is 12.7. The first-order chi connectivity index (χ1) is 10.8. The van der Waals surface area contributed by atoms with Gasteiger partial charge in [-0.15, -0.1) is 6.58 Å². The Kier molecular flexibility index (Phi) is 6.05. The quantitative estimate of drug-likeness (QED) is 0.692. The lowest BCUT2D eigenvalue weighted by atomic mass is 9.84. The Balaban J connectivity index is 2.10. The van der Waals surface area contributed by atoms with Gasteiger partial charge in [0.15, 0.2) is 6.29 Å². The molecule has 1 aromatic rings. The maximum atomic E-state index is 6.35. The van der Waals surface area contributed by atoms with E-state index in [1.54, 1.807) is 0 Å². The van der Waals surface area contributed by atoms with Crippen molar-refractivity contribution in [1.82, 2.24) is 0 Å². The largest absolute Gasteiger partial charge is 0.348 e. The minimum Gasteiger partial charge on any atom is -0.348 e. The second-order valence-corrected chi connectivity index (χ2v) is 7.95. The van der Waals surface area contributed by atoms with Crippen LogP contribution in [0.1, 0.15) is 46.6 Å². The van der Waals surface area contributed by atoms with Crippen LogP contribution in [0.3, 0.4) is 0 Å². The van der Waals surface area contributed by atoms with E-state index in [1.807, 2.05) is 6.08 Å². The smallest absolute Gasteiger partial charge is 0.163 e. The van der Waals surface area contributed by atoms with Crippen LogP contribution in [0.5, 0.6) is 0 Å². The van der Waals surface area contributed by atoms with E-state index in [9.17, 15) is 0 Å². The van der Waals surface area contributed by atoms with Crippen molar-refractivity contribution in [2.45, 2.75) is 66.0 Å². The average molecular weight is 316 g/mol. The van der Waals surface area contributed by atoms with Gasteiger partial charge in [0.25, 0.3) is 0 Å². The Morgan fingerprint density at radius 3 is 2.39 bits per heavy atom. The van der Waals surface area contributed by atoms with Crippen molar-refractivity contribution in [3.8, 4) is 0 Å². The van der Waals surface area contributed by atoms with Gasteiger partial charge in [0.05, 0.1) is 12.2 Å². The van der Waals surface area contributed by atoms with E-state index < -0.39 is 0 Å². The van der Waals surface area contributed by atoms with Crippen molar-refractivity contribution in [1.29, 1.82) is 0 Å². The molecule has 1 aliphatic heterocycles. The zero-order valence-corrected chi connectivity index (χ0v) is 15.3. The lowest BCUT2D eigenvalue weighted by molar-refractivity contribution is -0.305. The van der Waals surface area contributed by atoms with Crippen LogP contribution in [0, 0.1) is 17.3 Å². The van der Waals surface area contributed by atoms with Gasteiger partial charge in [0, 0.05) is 17.3 Å². The van der Waals surface area contributed by atoms with Gasteiger partial charge in [-0.3, -0.25) is 0 Å². The van der Waals surface area contributed by atoms with Crippen molar-refractivity contribution in [2.75, 3.05) is 0 Å². The van der Waals surface area contributed by atoms with E-state index in [1.165, 1.54) is 5.56 Å². The van der Waals surface area contributed by atoms with Gasteiger partial charge in [0.2, 0.25) is 0 Å². The molecule has 5 atom stereocenters. The SMILES string of the molecule is C=C[C@H](C)[C@H]1O[C@H](C(C)(C)C)O[C@H](CCc2ccccc2)[C@H]1C. The number of rotatable bonds is 5. The first kappa shape index (κ1) is 18.2. The monoisotopic (exact) mass is 316 g/mol. The van der Waals surface area contributed by atoms with E-state index in [0.717, 1.165) is 12.8 Å². The Morgan fingerprint density at radius 1 is 1.17 bits per heavy atom. The molecular weight excluding hydrogens is 284 g/mol. The van der Waals surface area contributed by atoms with Crippen LogP contribution in [-0.2, 0) is 15.9 Å². The number of benzene rings is 1. The molecule has 0 N–H and O–H groups in total. The standard InChI is InChI=1S/C21H32O2/c1-7-15(2)19-16(3)18(22-20(23-19)21(4,5)6)14-13-17-11-9-8-10-12-17/h7-12,15-16,18-20H,1,13-14H2,2-6H3/t15-,16+,18+,19+,20+/m0/s1. The molecular formula is C21H32O2. The normalized spacial score (nSPS) is 30.0. The van der Waals surface area contributed by atoms with Gasteiger partial charge in [-0.05, 0) is 18.4 Å². The first-order valence-corrected chi connectivity index (χ1v) is 8.80. The molecule has 1 heterocycles. The molecule has 0 saturated carbocycles. The molecule has 2 rings (SSSR count). The third-order valence-electron chi connectivity index (χ3n) is 4.84. The predicted molar refractivity (Wildman–Crippen MR) is 96.3 cm³/mol. The van der Waals surface area contributed by atoms with E-state index in [4.69, 9.17) is 9.47 Å². The van der Waals surface area contributed by atoms with Crippen LogP contribution < -0.4 is 0 Å². The highest BCUT2D eigenvalue weighted by Crippen LogP contribution is 2.37. The van der Waals surface area contributed by atoms with Crippen molar-refractivity contribution >= 4 is 0 Å².